The molecule has 0 aromatic heterocycles. The van der Waals surface area contributed by atoms with Crippen LogP contribution in [0, 0.1) is 0 Å². The van der Waals surface area contributed by atoms with Crippen LogP contribution < -0.4 is 10.1 Å². The summed E-state index contributed by atoms with van der Waals surface area (Å²) in [5.41, 5.74) is 0.905. The molecule has 0 aliphatic carbocycles. The molecule has 4 nitrogen and oxygen atoms in total. The fourth-order valence-corrected chi connectivity index (χ4v) is 1.82. The SMILES string of the molecule is CCN(CC)C(=O)NCc1ccc(Cl)cc1OC. The molecule has 1 N–H and O–H groups in total. The molecule has 0 aliphatic rings. The molecule has 18 heavy (non-hydrogen) atoms. The first-order valence-electron chi connectivity index (χ1n) is 5.97. The summed E-state index contributed by atoms with van der Waals surface area (Å²) < 4.78 is 5.22. The van der Waals surface area contributed by atoms with Crippen LogP contribution in [0.2, 0.25) is 5.02 Å². The molecule has 100 valence electrons. The zero-order valence-corrected chi connectivity index (χ0v) is 11.8. The van der Waals surface area contributed by atoms with Gasteiger partial charge in [-0.1, -0.05) is 17.7 Å². The zero-order valence-electron chi connectivity index (χ0n) is 11.0. The van der Waals surface area contributed by atoms with Crippen molar-refractivity contribution in [1.29, 1.82) is 0 Å². The Hall–Kier alpha value is -1.42. The smallest absolute Gasteiger partial charge is 0.317 e. The van der Waals surface area contributed by atoms with E-state index in [0.717, 1.165) is 5.56 Å². The van der Waals surface area contributed by atoms with Gasteiger partial charge >= 0.3 is 6.03 Å². The molecule has 0 saturated heterocycles. The van der Waals surface area contributed by atoms with E-state index in [0.29, 0.717) is 30.4 Å². The first kappa shape index (κ1) is 14.6. The quantitative estimate of drug-likeness (QED) is 0.894. The number of carbonyl (C=O) groups excluding carboxylic acids is 1. The number of nitrogens with zero attached hydrogens (tertiary/aromatic N) is 1. The predicted molar refractivity (Wildman–Crippen MR) is 73.2 cm³/mol. The summed E-state index contributed by atoms with van der Waals surface area (Å²) in [6, 6.07) is 5.30. The average molecular weight is 271 g/mol. The van der Waals surface area contributed by atoms with E-state index in [4.69, 9.17) is 16.3 Å². The van der Waals surface area contributed by atoms with Crippen molar-refractivity contribution in [2.45, 2.75) is 20.4 Å². The van der Waals surface area contributed by atoms with Crippen molar-refractivity contribution >= 4 is 17.6 Å². The van der Waals surface area contributed by atoms with Gasteiger partial charge < -0.3 is 15.0 Å². The third-order valence-corrected chi connectivity index (χ3v) is 2.96. The Morgan fingerprint density at radius 1 is 1.39 bits per heavy atom. The number of methoxy groups -OCH3 is 1. The Balaban J connectivity index is 2.66. The number of urea groups is 1. The molecule has 0 saturated carbocycles. The highest BCUT2D eigenvalue weighted by Gasteiger charge is 2.10. The minimum atomic E-state index is -0.0722. The lowest BCUT2D eigenvalue weighted by atomic mass is 10.2. The highest BCUT2D eigenvalue weighted by atomic mass is 35.5. The molecule has 1 aromatic rings. The minimum absolute atomic E-state index is 0.0722. The number of carbonyl (C=O) groups is 1. The molecule has 0 bridgehead atoms. The molecule has 1 rings (SSSR count). The van der Waals surface area contributed by atoms with Gasteiger partial charge in [0.15, 0.2) is 0 Å². The maximum atomic E-state index is 11.8. The number of halogens is 1. The molecule has 0 heterocycles. The van der Waals surface area contributed by atoms with Crippen molar-refractivity contribution in [3.05, 3.63) is 28.8 Å². The molecule has 0 aliphatic heterocycles. The summed E-state index contributed by atoms with van der Waals surface area (Å²) in [5, 5.41) is 3.48. The van der Waals surface area contributed by atoms with Crippen LogP contribution in [0.25, 0.3) is 0 Å². The van der Waals surface area contributed by atoms with E-state index in [1.54, 1.807) is 24.1 Å². The number of nitrogens with one attached hydrogen (secondary N) is 1. The number of hydrogen-bond donors (Lipinski definition) is 1. The summed E-state index contributed by atoms with van der Waals surface area (Å²) in [6.07, 6.45) is 0. The normalized spacial score (nSPS) is 10.0. The van der Waals surface area contributed by atoms with Gasteiger partial charge in [0.1, 0.15) is 5.75 Å². The first-order chi connectivity index (χ1) is 8.62. The maximum absolute atomic E-state index is 11.8. The second kappa shape index (κ2) is 7.11. The molecule has 1 aromatic carbocycles. The molecule has 0 radical (unpaired) electrons. The monoisotopic (exact) mass is 270 g/mol. The van der Waals surface area contributed by atoms with E-state index in [2.05, 4.69) is 5.32 Å². The van der Waals surface area contributed by atoms with Crippen molar-refractivity contribution in [2.75, 3.05) is 20.2 Å². The minimum Gasteiger partial charge on any atom is -0.496 e. The molecule has 0 fully saturated rings. The van der Waals surface area contributed by atoms with Gasteiger partial charge in [0, 0.05) is 30.2 Å². The molecule has 0 atom stereocenters. The van der Waals surface area contributed by atoms with Gasteiger partial charge in [-0.3, -0.25) is 0 Å². The van der Waals surface area contributed by atoms with E-state index < -0.39 is 0 Å². The third-order valence-electron chi connectivity index (χ3n) is 2.73. The largest absolute Gasteiger partial charge is 0.496 e. The van der Waals surface area contributed by atoms with E-state index in [1.807, 2.05) is 19.9 Å². The fraction of sp³-hybridized carbons (Fsp3) is 0.462. The fourth-order valence-electron chi connectivity index (χ4n) is 1.66. The van der Waals surface area contributed by atoms with Crippen LogP contribution in [0.3, 0.4) is 0 Å². The Morgan fingerprint density at radius 2 is 2.06 bits per heavy atom. The maximum Gasteiger partial charge on any atom is 0.317 e. The van der Waals surface area contributed by atoms with Crippen molar-refractivity contribution in [3.63, 3.8) is 0 Å². The van der Waals surface area contributed by atoms with Gasteiger partial charge in [-0.15, -0.1) is 0 Å². The highest BCUT2D eigenvalue weighted by molar-refractivity contribution is 6.30. The molecular formula is C13H19ClN2O2. The van der Waals surface area contributed by atoms with Crippen LogP contribution >= 0.6 is 11.6 Å². The van der Waals surface area contributed by atoms with Gasteiger partial charge in [-0.25, -0.2) is 4.79 Å². The van der Waals surface area contributed by atoms with Crippen LogP contribution in [0.5, 0.6) is 5.75 Å². The summed E-state index contributed by atoms with van der Waals surface area (Å²) >= 11 is 5.88. The molecular weight excluding hydrogens is 252 g/mol. The standard InChI is InChI=1S/C13H19ClN2O2/c1-4-16(5-2)13(17)15-9-10-6-7-11(14)8-12(10)18-3/h6-8H,4-5,9H2,1-3H3,(H,15,17). The molecule has 0 spiro atoms. The Labute approximate surface area is 113 Å². The number of rotatable bonds is 5. The summed E-state index contributed by atoms with van der Waals surface area (Å²) in [5.74, 6) is 0.683. The van der Waals surface area contributed by atoms with Crippen LogP contribution in [0.4, 0.5) is 4.79 Å². The second-order valence-electron chi connectivity index (χ2n) is 3.79. The van der Waals surface area contributed by atoms with Gasteiger partial charge in [-0.05, 0) is 26.0 Å². The lowest BCUT2D eigenvalue weighted by molar-refractivity contribution is 0.202. The lowest BCUT2D eigenvalue weighted by Crippen LogP contribution is -2.39. The van der Waals surface area contributed by atoms with E-state index in [1.165, 1.54) is 0 Å². The van der Waals surface area contributed by atoms with E-state index in [9.17, 15) is 4.79 Å². The number of benzene rings is 1. The van der Waals surface area contributed by atoms with Crippen LogP contribution in [0.15, 0.2) is 18.2 Å². The zero-order chi connectivity index (χ0) is 13.5. The Bertz CT molecular complexity index is 406. The van der Waals surface area contributed by atoms with E-state index >= 15 is 0 Å². The number of hydrogen-bond acceptors (Lipinski definition) is 2. The Morgan fingerprint density at radius 3 is 2.61 bits per heavy atom. The summed E-state index contributed by atoms with van der Waals surface area (Å²) in [7, 11) is 1.58. The van der Waals surface area contributed by atoms with Gasteiger partial charge in [0.25, 0.3) is 0 Å². The second-order valence-corrected chi connectivity index (χ2v) is 4.22. The lowest BCUT2D eigenvalue weighted by Gasteiger charge is -2.19. The van der Waals surface area contributed by atoms with Crippen molar-refractivity contribution in [1.82, 2.24) is 10.2 Å². The van der Waals surface area contributed by atoms with E-state index in [-0.39, 0.29) is 6.03 Å². The van der Waals surface area contributed by atoms with Gasteiger partial charge in [-0.2, -0.15) is 0 Å². The van der Waals surface area contributed by atoms with Crippen molar-refractivity contribution in [2.24, 2.45) is 0 Å². The molecule has 0 unspecified atom stereocenters. The topological polar surface area (TPSA) is 41.6 Å². The van der Waals surface area contributed by atoms with Gasteiger partial charge in [0.05, 0.1) is 7.11 Å². The predicted octanol–water partition coefficient (Wildman–Crippen LogP) is 2.90. The van der Waals surface area contributed by atoms with Crippen LogP contribution in [-0.2, 0) is 6.54 Å². The number of amides is 2. The summed E-state index contributed by atoms with van der Waals surface area (Å²) in [6.45, 7) is 5.72. The molecule has 2 amide bonds. The number of ether oxygens (including phenoxy) is 1. The third kappa shape index (κ3) is 3.81. The van der Waals surface area contributed by atoms with Crippen LogP contribution in [0.1, 0.15) is 19.4 Å². The molecule has 5 heteroatoms. The Kier molecular flexibility index (Phi) is 5.78. The summed E-state index contributed by atoms with van der Waals surface area (Å²) in [4.78, 5) is 13.5. The van der Waals surface area contributed by atoms with Gasteiger partial charge in [0.2, 0.25) is 0 Å². The highest BCUT2D eigenvalue weighted by Crippen LogP contribution is 2.22. The first-order valence-corrected chi connectivity index (χ1v) is 6.35. The van der Waals surface area contributed by atoms with Crippen molar-refractivity contribution in [3.8, 4) is 5.75 Å². The average Bonchev–Trinajstić information content (AvgIpc) is 2.38. The van der Waals surface area contributed by atoms with Crippen LogP contribution in [-0.4, -0.2) is 31.1 Å². The van der Waals surface area contributed by atoms with Crippen molar-refractivity contribution < 1.29 is 9.53 Å².